The van der Waals surface area contributed by atoms with Gasteiger partial charge in [0.1, 0.15) is 0 Å². The molecule has 0 spiro atoms. The number of carbonyl (C=O) groups is 2. The second kappa shape index (κ2) is 7.00. The van der Waals surface area contributed by atoms with E-state index in [-0.39, 0.29) is 18.0 Å². The maximum absolute atomic E-state index is 12.6. The lowest BCUT2D eigenvalue weighted by Gasteiger charge is -2.31. The van der Waals surface area contributed by atoms with Gasteiger partial charge in [-0.25, -0.2) is 4.79 Å². The van der Waals surface area contributed by atoms with Gasteiger partial charge in [-0.05, 0) is 57.0 Å². The molecule has 1 saturated heterocycles. The largest absolute Gasteiger partial charge is 0.339 e. The normalized spacial score (nSPS) is 18.3. The fourth-order valence-corrected chi connectivity index (χ4v) is 2.87. The molecular weight excluding hydrogens is 292 g/mol. The molecule has 1 aliphatic carbocycles. The molecule has 3 rings (SSSR count). The lowest BCUT2D eigenvalue weighted by atomic mass is 10.0. The lowest BCUT2D eigenvalue weighted by molar-refractivity contribution is 0.0703. The average Bonchev–Trinajstić information content (AvgIpc) is 3.38. The quantitative estimate of drug-likeness (QED) is 0.793. The van der Waals surface area contributed by atoms with E-state index in [1.54, 1.807) is 24.3 Å². The van der Waals surface area contributed by atoms with Gasteiger partial charge in [-0.1, -0.05) is 6.07 Å². The molecule has 0 atom stereocenters. The van der Waals surface area contributed by atoms with Crippen molar-refractivity contribution in [3.63, 3.8) is 0 Å². The molecule has 1 heterocycles. The Morgan fingerprint density at radius 1 is 1.17 bits per heavy atom. The van der Waals surface area contributed by atoms with Gasteiger partial charge in [0.25, 0.3) is 5.91 Å². The van der Waals surface area contributed by atoms with Crippen LogP contribution in [0.4, 0.5) is 10.5 Å². The van der Waals surface area contributed by atoms with Gasteiger partial charge in [0.05, 0.1) is 0 Å². The van der Waals surface area contributed by atoms with E-state index in [2.05, 4.69) is 16.0 Å². The summed E-state index contributed by atoms with van der Waals surface area (Å²) in [6.07, 6.45) is 4.05. The van der Waals surface area contributed by atoms with Crippen molar-refractivity contribution in [1.29, 1.82) is 0 Å². The van der Waals surface area contributed by atoms with Crippen molar-refractivity contribution < 1.29 is 9.59 Å². The van der Waals surface area contributed by atoms with Gasteiger partial charge in [0, 0.05) is 30.4 Å². The molecule has 3 N–H and O–H groups in total. The second-order valence-corrected chi connectivity index (χ2v) is 6.35. The average molecular weight is 316 g/mol. The summed E-state index contributed by atoms with van der Waals surface area (Å²) in [5.41, 5.74) is 1.25. The second-order valence-electron chi connectivity index (χ2n) is 6.35. The molecule has 0 aromatic heterocycles. The highest BCUT2D eigenvalue weighted by Gasteiger charge is 2.24. The third-order valence-corrected chi connectivity index (χ3v) is 4.46. The number of hydrogen-bond donors (Lipinski definition) is 3. The van der Waals surface area contributed by atoms with Crippen molar-refractivity contribution in [2.75, 3.05) is 25.5 Å². The molecule has 1 saturated carbocycles. The summed E-state index contributed by atoms with van der Waals surface area (Å²) in [6.45, 7) is 1.90. The molecule has 23 heavy (non-hydrogen) atoms. The molecule has 1 aromatic carbocycles. The van der Waals surface area contributed by atoms with Crippen LogP contribution < -0.4 is 16.0 Å². The Morgan fingerprint density at radius 2 is 1.91 bits per heavy atom. The molecule has 6 nitrogen and oxygen atoms in total. The van der Waals surface area contributed by atoms with Crippen LogP contribution in [0.1, 0.15) is 36.0 Å². The van der Waals surface area contributed by atoms with Crippen molar-refractivity contribution in [2.45, 2.75) is 37.8 Å². The summed E-state index contributed by atoms with van der Waals surface area (Å²) in [4.78, 5) is 26.3. The highest BCUT2D eigenvalue weighted by atomic mass is 16.2. The SMILES string of the molecule is CN(C(=O)c1cccc(NC(=O)NC2CC2)c1)C1CCNCC1. The van der Waals surface area contributed by atoms with Crippen LogP contribution in [-0.2, 0) is 0 Å². The molecule has 0 bridgehead atoms. The molecule has 2 fully saturated rings. The predicted molar refractivity (Wildman–Crippen MR) is 89.6 cm³/mol. The van der Waals surface area contributed by atoms with Crippen LogP contribution in [0.3, 0.4) is 0 Å². The van der Waals surface area contributed by atoms with Crippen molar-refractivity contribution in [3.8, 4) is 0 Å². The number of piperidine rings is 1. The van der Waals surface area contributed by atoms with Crippen LogP contribution >= 0.6 is 0 Å². The van der Waals surface area contributed by atoms with E-state index in [1.165, 1.54) is 0 Å². The van der Waals surface area contributed by atoms with Gasteiger partial charge >= 0.3 is 6.03 Å². The van der Waals surface area contributed by atoms with Crippen LogP contribution in [0.5, 0.6) is 0 Å². The fraction of sp³-hybridized carbons (Fsp3) is 0.529. The van der Waals surface area contributed by atoms with E-state index in [0.29, 0.717) is 17.3 Å². The summed E-state index contributed by atoms with van der Waals surface area (Å²) < 4.78 is 0. The van der Waals surface area contributed by atoms with E-state index in [4.69, 9.17) is 0 Å². The summed E-state index contributed by atoms with van der Waals surface area (Å²) in [6, 6.07) is 7.52. The first-order valence-corrected chi connectivity index (χ1v) is 8.29. The number of carbonyl (C=O) groups excluding carboxylic acids is 2. The Kier molecular flexibility index (Phi) is 4.81. The first-order valence-electron chi connectivity index (χ1n) is 8.29. The standard InChI is InChI=1S/C17H24N4O2/c1-21(15-7-9-18-10-8-15)16(22)12-3-2-4-14(11-12)20-17(23)19-13-5-6-13/h2-4,11,13,15,18H,5-10H2,1H3,(H2,19,20,23). The summed E-state index contributed by atoms with van der Waals surface area (Å²) >= 11 is 0. The molecule has 0 radical (unpaired) electrons. The zero-order valence-electron chi connectivity index (χ0n) is 13.5. The van der Waals surface area contributed by atoms with Crippen LogP contribution in [0.2, 0.25) is 0 Å². The molecular formula is C17H24N4O2. The lowest BCUT2D eigenvalue weighted by Crippen LogP contribution is -2.44. The summed E-state index contributed by atoms with van der Waals surface area (Å²) in [5, 5.41) is 8.98. The van der Waals surface area contributed by atoms with Gasteiger partial charge in [-0.3, -0.25) is 4.79 Å². The Labute approximate surface area is 136 Å². The Balaban J connectivity index is 1.63. The number of anilines is 1. The maximum atomic E-state index is 12.6. The van der Waals surface area contributed by atoms with E-state index < -0.39 is 0 Å². The van der Waals surface area contributed by atoms with Crippen molar-refractivity contribution in [2.24, 2.45) is 0 Å². The van der Waals surface area contributed by atoms with E-state index in [0.717, 1.165) is 38.8 Å². The van der Waals surface area contributed by atoms with Crippen LogP contribution in [0.15, 0.2) is 24.3 Å². The monoisotopic (exact) mass is 316 g/mol. The minimum atomic E-state index is -0.205. The van der Waals surface area contributed by atoms with E-state index in [1.807, 2.05) is 11.9 Å². The van der Waals surface area contributed by atoms with E-state index >= 15 is 0 Å². The first-order chi connectivity index (χ1) is 11.1. The maximum Gasteiger partial charge on any atom is 0.319 e. The number of urea groups is 1. The number of hydrogen-bond acceptors (Lipinski definition) is 3. The van der Waals surface area contributed by atoms with Crippen LogP contribution in [0.25, 0.3) is 0 Å². The number of nitrogens with one attached hydrogen (secondary N) is 3. The van der Waals surface area contributed by atoms with Gasteiger partial charge < -0.3 is 20.9 Å². The van der Waals surface area contributed by atoms with Gasteiger partial charge in [-0.2, -0.15) is 0 Å². The Morgan fingerprint density at radius 3 is 2.61 bits per heavy atom. The highest BCUT2D eigenvalue weighted by Crippen LogP contribution is 2.19. The van der Waals surface area contributed by atoms with Crippen LogP contribution in [-0.4, -0.2) is 49.1 Å². The summed E-state index contributed by atoms with van der Waals surface area (Å²) in [7, 11) is 1.86. The number of rotatable bonds is 4. The number of amides is 3. The van der Waals surface area contributed by atoms with Gasteiger partial charge in [0.2, 0.25) is 0 Å². The van der Waals surface area contributed by atoms with Crippen molar-refractivity contribution in [1.82, 2.24) is 15.5 Å². The first kappa shape index (κ1) is 15.8. The summed E-state index contributed by atoms with van der Waals surface area (Å²) in [5.74, 6) is 0.00292. The Hall–Kier alpha value is -2.08. The van der Waals surface area contributed by atoms with Crippen molar-refractivity contribution in [3.05, 3.63) is 29.8 Å². The zero-order chi connectivity index (χ0) is 16.2. The third kappa shape index (κ3) is 4.22. The topological polar surface area (TPSA) is 73.5 Å². The Bertz CT molecular complexity index is 580. The molecule has 6 heteroatoms. The molecule has 124 valence electrons. The molecule has 0 unspecified atom stereocenters. The molecule has 2 aliphatic rings. The zero-order valence-corrected chi connectivity index (χ0v) is 13.5. The van der Waals surface area contributed by atoms with Gasteiger partial charge in [-0.15, -0.1) is 0 Å². The smallest absolute Gasteiger partial charge is 0.319 e. The number of nitrogens with zero attached hydrogens (tertiary/aromatic N) is 1. The van der Waals surface area contributed by atoms with Crippen LogP contribution in [0, 0.1) is 0 Å². The molecule has 3 amide bonds. The predicted octanol–water partition coefficient (Wildman–Crippen LogP) is 1.79. The third-order valence-electron chi connectivity index (χ3n) is 4.46. The number of benzene rings is 1. The molecule has 1 aromatic rings. The minimum Gasteiger partial charge on any atom is -0.339 e. The molecule has 1 aliphatic heterocycles. The van der Waals surface area contributed by atoms with Crippen molar-refractivity contribution >= 4 is 17.6 Å². The highest BCUT2D eigenvalue weighted by molar-refractivity contribution is 5.97. The van der Waals surface area contributed by atoms with E-state index in [9.17, 15) is 9.59 Å². The van der Waals surface area contributed by atoms with Gasteiger partial charge in [0.15, 0.2) is 0 Å². The fourth-order valence-electron chi connectivity index (χ4n) is 2.87. The minimum absolute atomic E-state index is 0.00292.